The van der Waals surface area contributed by atoms with Crippen molar-refractivity contribution in [2.75, 3.05) is 0 Å². The molecule has 0 bridgehead atoms. The van der Waals surface area contributed by atoms with E-state index in [0.29, 0.717) is 0 Å². The summed E-state index contributed by atoms with van der Waals surface area (Å²) in [5.41, 5.74) is 1.18. The average Bonchev–Trinajstić information content (AvgIpc) is 2.53. The van der Waals surface area contributed by atoms with Gasteiger partial charge in [-0.2, -0.15) is 0 Å². The maximum absolute atomic E-state index is 4.18. The summed E-state index contributed by atoms with van der Waals surface area (Å²) in [6.45, 7) is 0. The first-order valence-electron chi connectivity index (χ1n) is 3.63. The molecule has 4 heteroatoms. The van der Waals surface area contributed by atoms with Crippen molar-refractivity contribution in [3.05, 3.63) is 38.9 Å². The largest absolute Gasteiger partial charge is 0.234 e. The van der Waals surface area contributed by atoms with Gasteiger partial charge in [0.25, 0.3) is 0 Å². The Morgan fingerprint density at radius 3 is 2.38 bits per heavy atom. The van der Waals surface area contributed by atoms with Crippen LogP contribution in [0, 0.1) is 0 Å². The second kappa shape index (κ2) is 3.90. The molecule has 0 saturated carbocycles. The molecule has 0 radical (unpaired) electrons. The van der Waals surface area contributed by atoms with Crippen molar-refractivity contribution >= 4 is 43.2 Å². The van der Waals surface area contributed by atoms with Crippen molar-refractivity contribution < 1.29 is 0 Å². The van der Waals surface area contributed by atoms with E-state index in [1.165, 1.54) is 10.4 Å². The van der Waals surface area contributed by atoms with Gasteiger partial charge in [0.2, 0.25) is 0 Å². The summed E-state index contributed by atoms with van der Waals surface area (Å²) in [7, 11) is 0. The average molecular weight is 319 g/mol. The number of nitrogens with zero attached hydrogens (tertiary/aromatic N) is 1. The van der Waals surface area contributed by atoms with Crippen molar-refractivity contribution in [2.45, 2.75) is 0 Å². The molecule has 0 unspecified atom stereocenters. The third-order valence-electron chi connectivity index (χ3n) is 1.57. The van der Waals surface area contributed by atoms with E-state index in [1.807, 2.05) is 18.2 Å². The third-order valence-corrected chi connectivity index (χ3v) is 3.30. The van der Waals surface area contributed by atoms with Crippen LogP contribution in [0.15, 0.2) is 38.9 Å². The lowest BCUT2D eigenvalue weighted by Crippen LogP contribution is -1.79. The SMILES string of the molecule is Brc1cc(-c2cccs2)cc(Br)n1. The standard InChI is InChI=1S/C9H5Br2NS/c10-8-4-6(5-9(11)12-8)7-2-1-3-13-7/h1-5H. The maximum atomic E-state index is 4.18. The molecule has 66 valence electrons. The zero-order valence-corrected chi connectivity index (χ0v) is 10.5. The molecule has 1 nitrogen and oxygen atoms in total. The molecule has 0 aliphatic carbocycles. The Labute approximate surface area is 97.1 Å². The Balaban J connectivity index is 2.53. The Morgan fingerprint density at radius 1 is 1.15 bits per heavy atom. The first-order valence-corrected chi connectivity index (χ1v) is 6.09. The van der Waals surface area contributed by atoms with E-state index in [0.717, 1.165) is 9.21 Å². The summed E-state index contributed by atoms with van der Waals surface area (Å²) in [5, 5.41) is 2.07. The first kappa shape index (κ1) is 9.37. The fourth-order valence-electron chi connectivity index (χ4n) is 1.05. The van der Waals surface area contributed by atoms with E-state index in [2.05, 4.69) is 48.3 Å². The molecule has 13 heavy (non-hydrogen) atoms. The van der Waals surface area contributed by atoms with Gasteiger partial charge in [0, 0.05) is 4.88 Å². The summed E-state index contributed by atoms with van der Waals surface area (Å²) in [4.78, 5) is 5.44. The van der Waals surface area contributed by atoms with E-state index < -0.39 is 0 Å². The van der Waals surface area contributed by atoms with Crippen LogP contribution in [0.4, 0.5) is 0 Å². The van der Waals surface area contributed by atoms with E-state index in [4.69, 9.17) is 0 Å². The minimum absolute atomic E-state index is 0.852. The lowest BCUT2D eigenvalue weighted by Gasteiger charge is -1.98. The summed E-state index contributed by atoms with van der Waals surface area (Å²) >= 11 is 8.45. The normalized spacial score (nSPS) is 10.3. The highest BCUT2D eigenvalue weighted by atomic mass is 79.9. The van der Waals surface area contributed by atoms with Crippen LogP contribution in [-0.2, 0) is 0 Å². The van der Waals surface area contributed by atoms with Gasteiger partial charge in [-0.15, -0.1) is 11.3 Å². The van der Waals surface area contributed by atoms with Crippen LogP contribution in [0.3, 0.4) is 0 Å². The molecule has 2 rings (SSSR count). The quantitative estimate of drug-likeness (QED) is 0.713. The van der Waals surface area contributed by atoms with Gasteiger partial charge in [0.15, 0.2) is 0 Å². The number of thiophene rings is 1. The number of rotatable bonds is 1. The molecule has 0 aromatic carbocycles. The van der Waals surface area contributed by atoms with Gasteiger partial charge in [0.05, 0.1) is 0 Å². The first-order chi connectivity index (χ1) is 6.25. The lowest BCUT2D eigenvalue weighted by molar-refractivity contribution is 1.23. The van der Waals surface area contributed by atoms with E-state index in [1.54, 1.807) is 11.3 Å². The number of pyridine rings is 1. The second-order valence-corrected chi connectivity index (χ2v) is 5.05. The maximum Gasteiger partial charge on any atom is 0.108 e. The van der Waals surface area contributed by atoms with Crippen LogP contribution in [0.2, 0.25) is 0 Å². The predicted molar refractivity (Wildman–Crippen MR) is 63.0 cm³/mol. The third kappa shape index (κ3) is 2.18. The number of halogens is 2. The van der Waals surface area contributed by atoms with Gasteiger partial charge in [-0.05, 0) is 61.0 Å². The number of aromatic nitrogens is 1. The molecule has 0 amide bonds. The molecule has 0 aliphatic heterocycles. The van der Waals surface area contributed by atoms with Crippen molar-refractivity contribution in [1.29, 1.82) is 0 Å². The Bertz CT molecular complexity index is 391. The highest BCUT2D eigenvalue weighted by Crippen LogP contribution is 2.28. The second-order valence-electron chi connectivity index (χ2n) is 2.48. The van der Waals surface area contributed by atoms with Gasteiger partial charge in [-0.1, -0.05) is 6.07 Å². The van der Waals surface area contributed by atoms with Crippen LogP contribution in [0.25, 0.3) is 10.4 Å². The molecule has 2 aromatic rings. The molecule has 2 aromatic heterocycles. The van der Waals surface area contributed by atoms with Crippen LogP contribution < -0.4 is 0 Å². The zero-order valence-electron chi connectivity index (χ0n) is 6.50. The molecular weight excluding hydrogens is 314 g/mol. The summed E-state index contributed by atoms with van der Waals surface area (Å²) in [5.74, 6) is 0. The van der Waals surface area contributed by atoms with Crippen LogP contribution >= 0.6 is 43.2 Å². The summed E-state index contributed by atoms with van der Waals surface area (Å²) < 4.78 is 1.70. The number of hydrogen-bond acceptors (Lipinski definition) is 2. The van der Waals surface area contributed by atoms with E-state index in [-0.39, 0.29) is 0 Å². The van der Waals surface area contributed by atoms with Crippen LogP contribution in [-0.4, -0.2) is 4.98 Å². The predicted octanol–water partition coefficient (Wildman–Crippen LogP) is 4.34. The van der Waals surface area contributed by atoms with Gasteiger partial charge in [-0.25, -0.2) is 4.98 Å². The van der Waals surface area contributed by atoms with Crippen molar-refractivity contribution in [3.8, 4) is 10.4 Å². The minimum atomic E-state index is 0.852. The fraction of sp³-hybridized carbons (Fsp3) is 0. The molecule has 0 fully saturated rings. The van der Waals surface area contributed by atoms with E-state index >= 15 is 0 Å². The van der Waals surface area contributed by atoms with Gasteiger partial charge in [-0.3, -0.25) is 0 Å². The molecule has 0 aliphatic rings. The van der Waals surface area contributed by atoms with Crippen molar-refractivity contribution in [2.24, 2.45) is 0 Å². The van der Waals surface area contributed by atoms with Crippen LogP contribution in [0.1, 0.15) is 0 Å². The fourth-order valence-corrected chi connectivity index (χ4v) is 2.88. The molecule has 0 atom stereocenters. The van der Waals surface area contributed by atoms with Gasteiger partial charge < -0.3 is 0 Å². The lowest BCUT2D eigenvalue weighted by atomic mass is 10.2. The monoisotopic (exact) mass is 317 g/mol. The zero-order chi connectivity index (χ0) is 9.26. The highest BCUT2D eigenvalue weighted by Gasteiger charge is 2.01. The molecule has 2 heterocycles. The van der Waals surface area contributed by atoms with Gasteiger partial charge >= 0.3 is 0 Å². The summed E-state index contributed by atoms with van der Waals surface area (Å²) in [6.07, 6.45) is 0. The topological polar surface area (TPSA) is 12.9 Å². The Morgan fingerprint density at radius 2 is 1.85 bits per heavy atom. The Kier molecular flexibility index (Phi) is 2.81. The number of hydrogen-bond donors (Lipinski definition) is 0. The molecular formula is C9H5Br2NS. The molecule has 0 saturated heterocycles. The van der Waals surface area contributed by atoms with E-state index in [9.17, 15) is 0 Å². The summed E-state index contributed by atoms with van der Waals surface area (Å²) in [6, 6.07) is 8.16. The molecule has 0 N–H and O–H groups in total. The smallest absolute Gasteiger partial charge is 0.108 e. The van der Waals surface area contributed by atoms with Crippen LogP contribution in [0.5, 0.6) is 0 Å². The minimum Gasteiger partial charge on any atom is -0.234 e. The highest BCUT2D eigenvalue weighted by molar-refractivity contribution is 9.11. The van der Waals surface area contributed by atoms with Gasteiger partial charge in [0.1, 0.15) is 9.21 Å². The van der Waals surface area contributed by atoms with Crippen molar-refractivity contribution in [3.63, 3.8) is 0 Å². The Hall–Kier alpha value is -0.190. The van der Waals surface area contributed by atoms with Crippen molar-refractivity contribution in [1.82, 2.24) is 4.98 Å². The molecule has 0 spiro atoms.